The lowest BCUT2D eigenvalue weighted by molar-refractivity contribution is -0.117. The van der Waals surface area contributed by atoms with Crippen molar-refractivity contribution in [2.75, 3.05) is 24.4 Å². The molecule has 5 rings (SSSR count). The van der Waals surface area contributed by atoms with Gasteiger partial charge in [-0.3, -0.25) is 14.5 Å². The maximum absolute atomic E-state index is 14.2. The van der Waals surface area contributed by atoms with E-state index in [1.54, 1.807) is 26.0 Å². The van der Waals surface area contributed by atoms with E-state index >= 15 is 0 Å². The maximum atomic E-state index is 14.2. The van der Waals surface area contributed by atoms with Crippen LogP contribution in [0.4, 0.5) is 11.4 Å². The predicted molar refractivity (Wildman–Crippen MR) is 156 cm³/mol. The van der Waals surface area contributed by atoms with Crippen LogP contribution in [0.25, 0.3) is 0 Å². The smallest absolute Gasteiger partial charge is 0.224 e. The number of amides is 1. The number of carbonyl (C=O) groups excluding carboxylic acids is 2. The Morgan fingerprint density at radius 1 is 0.975 bits per heavy atom. The number of ketones is 1. The summed E-state index contributed by atoms with van der Waals surface area (Å²) in [5, 5.41) is 3.57. The number of para-hydroxylation sites is 3. The van der Waals surface area contributed by atoms with Crippen LogP contribution in [-0.2, 0) is 9.59 Å². The summed E-state index contributed by atoms with van der Waals surface area (Å²) < 4.78 is 17.3. The largest absolute Gasteiger partial charge is 0.493 e. The van der Waals surface area contributed by atoms with Gasteiger partial charge in [0.15, 0.2) is 17.3 Å². The van der Waals surface area contributed by atoms with Crippen LogP contribution < -0.4 is 24.4 Å². The summed E-state index contributed by atoms with van der Waals surface area (Å²) in [5.41, 5.74) is 4.72. The summed E-state index contributed by atoms with van der Waals surface area (Å²) >= 11 is 0. The minimum atomic E-state index is -0.636. The average Bonchev–Trinajstić information content (AvgIpc) is 3.11. The number of benzene rings is 3. The highest BCUT2D eigenvalue weighted by Gasteiger charge is 2.42. The standard InChI is InChI=1S/C33H36N2O5/c1-6-20(2)40-29-14-10-7-11-24(29)33-32-26(34-25-12-8-9-13-27(25)35(33)21(3)36)17-23(18-28(32)37)22-15-16-30(38-4)31(19-22)39-5/h7-16,19-20,23,33-34H,6,17-18H2,1-5H3/t20-,23-,33-/m0/s1. The van der Waals surface area contributed by atoms with Crippen LogP contribution in [0.3, 0.4) is 0 Å². The molecule has 0 saturated heterocycles. The molecule has 2 aliphatic rings. The maximum Gasteiger partial charge on any atom is 0.224 e. The molecule has 7 nitrogen and oxygen atoms in total. The second-order valence-corrected chi connectivity index (χ2v) is 10.3. The van der Waals surface area contributed by atoms with Crippen molar-refractivity contribution in [3.63, 3.8) is 0 Å². The van der Waals surface area contributed by atoms with E-state index in [1.165, 1.54) is 0 Å². The Bertz CT molecular complexity index is 1460. The lowest BCUT2D eigenvalue weighted by Gasteiger charge is -2.35. The Kier molecular flexibility index (Phi) is 7.83. The number of allylic oxidation sites excluding steroid dienone is 1. The van der Waals surface area contributed by atoms with Gasteiger partial charge >= 0.3 is 0 Å². The summed E-state index contributed by atoms with van der Waals surface area (Å²) in [6, 6.07) is 20.6. The molecule has 0 unspecified atom stereocenters. The molecule has 1 N–H and O–H groups in total. The van der Waals surface area contributed by atoms with E-state index in [9.17, 15) is 9.59 Å². The number of fused-ring (bicyclic) bond motifs is 1. The summed E-state index contributed by atoms with van der Waals surface area (Å²) in [4.78, 5) is 29.3. The lowest BCUT2D eigenvalue weighted by atomic mass is 9.78. The second-order valence-electron chi connectivity index (χ2n) is 10.3. The van der Waals surface area contributed by atoms with Crippen molar-refractivity contribution in [1.29, 1.82) is 0 Å². The van der Waals surface area contributed by atoms with Gasteiger partial charge in [0.1, 0.15) is 5.75 Å². The lowest BCUT2D eigenvalue weighted by Crippen LogP contribution is -2.37. The van der Waals surface area contributed by atoms with Gasteiger partial charge < -0.3 is 19.5 Å². The van der Waals surface area contributed by atoms with Gasteiger partial charge in [-0.25, -0.2) is 0 Å². The molecule has 0 saturated carbocycles. The Balaban J connectivity index is 1.68. The molecular weight excluding hydrogens is 504 g/mol. The van der Waals surface area contributed by atoms with Crippen molar-refractivity contribution < 1.29 is 23.8 Å². The minimum Gasteiger partial charge on any atom is -0.493 e. The summed E-state index contributed by atoms with van der Waals surface area (Å²) in [5.74, 6) is 1.72. The molecule has 1 aliphatic carbocycles. The van der Waals surface area contributed by atoms with Gasteiger partial charge in [-0.2, -0.15) is 0 Å². The molecule has 0 bridgehead atoms. The third-order valence-corrected chi connectivity index (χ3v) is 7.82. The van der Waals surface area contributed by atoms with E-state index in [0.29, 0.717) is 35.7 Å². The van der Waals surface area contributed by atoms with Crippen molar-refractivity contribution in [1.82, 2.24) is 0 Å². The Hall–Kier alpha value is -4.26. The van der Waals surface area contributed by atoms with Crippen LogP contribution in [0.1, 0.15) is 63.1 Å². The van der Waals surface area contributed by atoms with Crippen LogP contribution in [0.2, 0.25) is 0 Å². The van der Waals surface area contributed by atoms with E-state index in [2.05, 4.69) is 12.2 Å². The number of Topliss-reactive ketones (excluding diaryl/α,β-unsaturated/α-hetero) is 1. The fourth-order valence-corrected chi connectivity index (χ4v) is 5.69. The number of nitrogens with one attached hydrogen (secondary N) is 1. The SMILES string of the molecule is CC[C@H](C)Oc1ccccc1[C@H]1C2=C(C[C@H](c3ccc(OC)c(OC)c3)CC2=O)Nc2ccccc2N1C(C)=O. The molecule has 3 aromatic carbocycles. The number of hydrogen-bond donors (Lipinski definition) is 1. The Labute approximate surface area is 235 Å². The van der Waals surface area contributed by atoms with E-state index in [-0.39, 0.29) is 23.7 Å². The summed E-state index contributed by atoms with van der Waals surface area (Å²) in [6.07, 6.45) is 1.72. The number of ether oxygens (including phenoxy) is 3. The molecule has 3 aromatic rings. The fraction of sp³-hybridized carbons (Fsp3) is 0.333. The normalized spacial score (nSPS) is 19.1. The average molecular weight is 541 g/mol. The predicted octanol–water partition coefficient (Wildman–Crippen LogP) is 6.80. The fourth-order valence-electron chi connectivity index (χ4n) is 5.69. The van der Waals surface area contributed by atoms with Gasteiger partial charge in [-0.05, 0) is 61.6 Å². The molecule has 0 fully saturated rings. The van der Waals surface area contributed by atoms with Gasteiger partial charge in [0.25, 0.3) is 0 Å². The van der Waals surface area contributed by atoms with E-state index in [1.807, 2.05) is 73.7 Å². The number of methoxy groups -OCH3 is 2. The first-order valence-electron chi connectivity index (χ1n) is 13.8. The number of rotatable bonds is 7. The van der Waals surface area contributed by atoms with Gasteiger partial charge in [0.2, 0.25) is 5.91 Å². The van der Waals surface area contributed by atoms with E-state index < -0.39 is 6.04 Å². The molecule has 0 spiro atoms. The monoisotopic (exact) mass is 540 g/mol. The van der Waals surface area contributed by atoms with Crippen LogP contribution in [0.5, 0.6) is 17.2 Å². The van der Waals surface area contributed by atoms with Crippen molar-refractivity contribution in [2.24, 2.45) is 0 Å². The first-order chi connectivity index (χ1) is 19.4. The Morgan fingerprint density at radius 2 is 1.70 bits per heavy atom. The number of anilines is 2. The molecule has 1 amide bonds. The zero-order valence-corrected chi connectivity index (χ0v) is 23.7. The topological polar surface area (TPSA) is 77.1 Å². The van der Waals surface area contributed by atoms with Crippen molar-refractivity contribution in [2.45, 2.75) is 58.1 Å². The van der Waals surface area contributed by atoms with Gasteiger partial charge in [-0.1, -0.05) is 43.3 Å². The number of nitrogens with zero attached hydrogens (tertiary/aromatic N) is 1. The van der Waals surface area contributed by atoms with E-state index in [4.69, 9.17) is 14.2 Å². The van der Waals surface area contributed by atoms with Crippen molar-refractivity contribution in [3.05, 3.63) is 89.1 Å². The number of hydrogen-bond acceptors (Lipinski definition) is 6. The number of carbonyl (C=O) groups is 2. The highest BCUT2D eigenvalue weighted by molar-refractivity contribution is 6.06. The Morgan fingerprint density at radius 3 is 2.42 bits per heavy atom. The highest BCUT2D eigenvalue weighted by atomic mass is 16.5. The third kappa shape index (κ3) is 5.04. The third-order valence-electron chi connectivity index (χ3n) is 7.82. The molecular formula is C33H36N2O5. The minimum absolute atomic E-state index is 0.00376. The van der Waals surface area contributed by atoms with E-state index in [0.717, 1.165) is 34.6 Å². The van der Waals surface area contributed by atoms with Crippen molar-refractivity contribution >= 4 is 23.1 Å². The van der Waals surface area contributed by atoms with Crippen molar-refractivity contribution in [3.8, 4) is 17.2 Å². The molecule has 3 atom stereocenters. The van der Waals surface area contributed by atoms with Crippen LogP contribution in [0, 0.1) is 0 Å². The summed E-state index contributed by atoms with van der Waals surface area (Å²) in [7, 11) is 3.22. The van der Waals surface area contributed by atoms with Gasteiger partial charge in [-0.15, -0.1) is 0 Å². The second kappa shape index (κ2) is 11.5. The summed E-state index contributed by atoms with van der Waals surface area (Å²) in [6.45, 7) is 5.64. The molecule has 0 aromatic heterocycles. The quantitative estimate of drug-likeness (QED) is 0.355. The van der Waals surface area contributed by atoms with Gasteiger partial charge in [0, 0.05) is 30.2 Å². The first kappa shape index (κ1) is 27.3. The van der Waals surface area contributed by atoms with Crippen LogP contribution in [-0.4, -0.2) is 32.0 Å². The van der Waals surface area contributed by atoms with Crippen LogP contribution in [0.15, 0.2) is 78.0 Å². The molecule has 208 valence electrons. The van der Waals surface area contributed by atoms with Gasteiger partial charge in [0.05, 0.1) is 37.7 Å². The zero-order chi connectivity index (χ0) is 28.4. The molecule has 0 radical (unpaired) electrons. The first-order valence-corrected chi connectivity index (χ1v) is 13.8. The molecule has 7 heteroatoms. The van der Waals surface area contributed by atoms with Crippen LogP contribution >= 0.6 is 0 Å². The zero-order valence-electron chi connectivity index (χ0n) is 23.7. The highest BCUT2D eigenvalue weighted by Crippen LogP contribution is 2.49. The molecule has 40 heavy (non-hydrogen) atoms. The molecule has 1 heterocycles. The molecule has 1 aliphatic heterocycles.